The molecule has 0 aliphatic carbocycles. The van der Waals surface area contributed by atoms with Crippen LogP contribution in [0.25, 0.3) is 0 Å². The van der Waals surface area contributed by atoms with E-state index in [4.69, 9.17) is 16.7 Å². The predicted octanol–water partition coefficient (Wildman–Crippen LogP) is 3.83. The number of hydrogen-bond acceptors (Lipinski definition) is 4. The summed E-state index contributed by atoms with van der Waals surface area (Å²) in [5, 5.41) is 22.8. The molecule has 0 radical (unpaired) electrons. The first kappa shape index (κ1) is 14.7. The number of nitrogens with zero attached hydrogens (tertiary/aromatic N) is 1. The molecule has 108 valence electrons. The van der Waals surface area contributed by atoms with Crippen molar-refractivity contribution in [3.05, 3.63) is 62.9 Å². The number of carbonyl (C=O) groups is 1. The monoisotopic (exact) mass is 310 g/mol. The molecule has 0 aromatic heterocycles. The molecule has 8 heteroatoms. The van der Waals surface area contributed by atoms with Gasteiger partial charge in [-0.05, 0) is 30.3 Å². The molecule has 0 saturated carbocycles. The molecule has 0 atom stereocenters. The minimum Gasteiger partial charge on any atom is -0.477 e. The van der Waals surface area contributed by atoms with Crippen molar-refractivity contribution in [1.82, 2.24) is 0 Å². The van der Waals surface area contributed by atoms with Crippen LogP contribution in [0.5, 0.6) is 0 Å². The van der Waals surface area contributed by atoms with Crippen LogP contribution in [0.3, 0.4) is 0 Å². The lowest BCUT2D eigenvalue weighted by atomic mass is 10.1. The van der Waals surface area contributed by atoms with Crippen molar-refractivity contribution in [3.8, 4) is 0 Å². The average Bonchev–Trinajstić information content (AvgIpc) is 2.42. The molecule has 0 spiro atoms. The lowest BCUT2D eigenvalue weighted by Gasteiger charge is -2.09. The molecule has 0 amide bonds. The number of carboxylic acid groups (broad SMARTS) is 1. The number of para-hydroxylation sites is 1. The first-order chi connectivity index (χ1) is 9.90. The van der Waals surface area contributed by atoms with Crippen LogP contribution in [0.2, 0.25) is 5.02 Å². The Labute approximate surface area is 122 Å². The van der Waals surface area contributed by atoms with Gasteiger partial charge in [-0.15, -0.1) is 0 Å². The smallest absolute Gasteiger partial charge is 0.342 e. The highest BCUT2D eigenvalue weighted by Crippen LogP contribution is 2.32. The quantitative estimate of drug-likeness (QED) is 0.661. The Morgan fingerprint density at radius 2 is 2.00 bits per heavy atom. The Bertz CT molecular complexity index is 736. The summed E-state index contributed by atoms with van der Waals surface area (Å²) in [7, 11) is 0. The van der Waals surface area contributed by atoms with Crippen LogP contribution >= 0.6 is 11.6 Å². The predicted molar refractivity (Wildman–Crippen MR) is 74.7 cm³/mol. The second-order valence-electron chi connectivity index (χ2n) is 4.01. The van der Waals surface area contributed by atoms with Gasteiger partial charge in [-0.2, -0.15) is 0 Å². The number of nitro groups is 1. The van der Waals surface area contributed by atoms with Crippen LogP contribution in [-0.4, -0.2) is 16.0 Å². The second kappa shape index (κ2) is 5.76. The lowest BCUT2D eigenvalue weighted by molar-refractivity contribution is -0.384. The Kier molecular flexibility index (Phi) is 4.04. The highest BCUT2D eigenvalue weighted by molar-refractivity contribution is 6.30. The molecule has 2 aromatic carbocycles. The van der Waals surface area contributed by atoms with E-state index >= 15 is 0 Å². The minimum atomic E-state index is -1.45. The van der Waals surface area contributed by atoms with Crippen molar-refractivity contribution in [1.29, 1.82) is 0 Å². The van der Waals surface area contributed by atoms with E-state index in [1.807, 2.05) is 0 Å². The molecular weight excluding hydrogens is 303 g/mol. The van der Waals surface area contributed by atoms with Gasteiger partial charge in [0.2, 0.25) is 0 Å². The van der Waals surface area contributed by atoms with Gasteiger partial charge >= 0.3 is 11.7 Å². The van der Waals surface area contributed by atoms with Crippen molar-refractivity contribution in [2.24, 2.45) is 0 Å². The molecule has 0 fully saturated rings. The summed E-state index contributed by atoms with van der Waals surface area (Å²) in [5.41, 5.74) is -1.37. The molecule has 6 nitrogen and oxygen atoms in total. The number of anilines is 2. The van der Waals surface area contributed by atoms with E-state index in [-0.39, 0.29) is 16.4 Å². The van der Waals surface area contributed by atoms with Crippen LogP contribution in [0.4, 0.5) is 21.5 Å². The average molecular weight is 311 g/mol. The molecular formula is C13H8ClFN2O4. The molecule has 0 heterocycles. The molecule has 2 aromatic rings. The van der Waals surface area contributed by atoms with E-state index in [1.165, 1.54) is 24.3 Å². The molecule has 0 saturated heterocycles. The van der Waals surface area contributed by atoms with Gasteiger partial charge in [-0.3, -0.25) is 10.1 Å². The normalized spacial score (nSPS) is 10.2. The van der Waals surface area contributed by atoms with Crippen LogP contribution in [0.1, 0.15) is 10.4 Å². The third-order valence-electron chi connectivity index (χ3n) is 2.65. The van der Waals surface area contributed by atoms with E-state index in [1.54, 1.807) is 0 Å². The Morgan fingerprint density at radius 1 is 1.29 bits per heavy atom. The molecule has 0 unspecified atom stereocenters. The number of hydrogen-bond donors (Lipinski definition) is 2. The van der Waals surface area contributed by atoms with Gasteiger partial charge in [0.1, 0.15) is 17.1 Å². The van der Waals surface area contributed by atoms with Gasteiger partial charge in [0.15, 0.2) is 0 Å². The fourth-order valence-electron chi connectivity index (χ4n) is 1.75. The summed E-state index contributed by atoms with van der Waals surface area (Å²) in [6, 6.07) is 7.36. The van der Waals surface area contributed by atoms with Crippen molar-refractivity contribution in [2.45, 2.75) is 0 Å². The summed E-state index contributed by atoms with van der Waals surface area (Å²) in [5.74, 6) is -2.12. The van der Waals surface area contributed by atoms with Gasteiger partial charge in [0.25, 0.3) is 0 Å². The number of carboxylic acids is 1. The fourth-order valence-corrected chi connectivity index (χ4v) is 1.92. The molecule has 2 N–H and O–H groups in total. The molecule has 2 rings (SSSR count). The van der Waals surface area contributed by atoms with E-state index in [2.05, 4.69) is 5.32 Å². The van der Waals surface area contributed by atoms with Crippen LogP contribution in [0.15, 0.2) is 36.4 Å². The number of nitrogens with one attached hydrogen (secondary N) is 1. The van der Waals surface area contributed by atoms with Gasteiger partial charge in [-0.1, -0.05) is 17.7 Å². The second-order valence-corrected chi connectivity index (χ2v) is 4.45. The Morgan fingerprint density at radius 3 is 2.62 bits per heavy atom. The molecule has 0 aliphatic heterocycles. The van der Waals surface area contributed by atoms with E-state index in [0.29, 0.717) is 0 Å². The summed E-state index contributed by atoms with van der Waals surface area (Å²) in [4.78, 5) is 21.3. The summed E-state index contributed by atoms with van der Waals surface area (Å²) >= 11 is 5.73. The van der Waals surface area contributed by atoms with Crippen molar-refractivity contribution in [3.63, 3.8) is 0 Å². The van der Waals surface area contributed by atoms with Crippen LogP contribution in [-0.2, 0) is 0 Å². The summed E-state index contributed by atoms with van der Waals surface area (Å²) in [6.45, 7) is 0. The third-order valence-corrected chi connectivity index (χ3v) is 2.88. The van der Waals surface area contributed by atoms with Crippen molar-refractivity contribution >= 4 is 34.6 Å². The number of nitro benzene ring substituents is 1. The number of benzene rings is 2. The molecule has 21 heavy (non-hydrogen) atoms. The van der Waals surface area contributed by atoms with E-state index in [9.17, 15) is 19.3 Å². The minimum absolute atomic E-state index is 0.0897. The third kappa shape index (κ3) is 3.09. The largest absolute Gasteiger partial charge is 0.477 e. The summed E-state index contributed by atoms with van der Waals surface area (Å²) in [6.07, 6.45) is 0. The Balaban J connectivity index is 2.54. The first-order valence-electron chi connectivity index (χ1n) is 5.63. The SMILES string of the molecule is O=C(O)c1cccc(Nc2cc(Cl)ccc2F)c1[N+](=O)[O-]. The number of aromatic carboxylic acids is 1. The van der Waals surface area contributed by atoms with E-state index in [0.717, 1.165) is 12.1 Å². The highest BCUT2D eigenvalue weighted by Gasteiger charge is 2.24. The Hall–Kier alpha value is -2.67. The van der Waals surface area contributed by atoms with Gasteiger partial charge < -0.3 is 10.4 Å². The van der Waals surface area contributed by atoms with Crippen molar-refractivity contribution < 1.29 is 19.2 Å². The van der Waals surface area contributed by atoms with Crippen LogP contribution in [0, 0.1) is 15.9 Å². The lowest BCUT2D eigenvalue weighted by Crippen LogP contribution is -2.06. The maximum atomic E-state index is 13.6. The number of halogens is 2. The van der Waals surface area contributed by atoms with Gasteiger partial charge in [0.05, 0.1) is 10.6 Å². The summed E-state index contributed by atoms with van der Waals surface area (Å²) < 4.78 is 13.6. The maximum Gasteiger partial charge on any atom is 0.342 e. The number of rotatable bonds is 4. The molecule has 0 aliphatic rings. The van der Waals surface area contributed by atoms with Gasteiger partial charge in [-0.25, -0.2) is 9.18 Å². The fraction of sp³-hybridized carbons (Fsp3) is 0. The zero-order chi connectivity index (χ0) is 15.6. The van der Waals surface area contributed by atoms with Gasteiger partial charge in [0, 0.05) is 5.02 Å². The van der Waals surface area contributed by atoms with Crippen LogP contribution < -0.4 is 5.32 Å². The maximum absolute atomic E-state index is 13.6. The standard InChI is InChI=1S/C13H8ClFN2O4/c14-7-4-5-9(15)11(6-7)16-10-3-1-2-8(13(18)19)12(10)17(20)21/h1-6,16H,(H,18,19). The highest BCUT2D eigenvalue weighted by atomic mass is 35.5. The zero-order valence-electron chi connectivity index (χ0n) is 10.3. The van der Waals surface area contributed by atoms with Crippen molar-refractivity contribution in [2.75, 3.05) is 5.32 Å². The molecule has 0 bridgehead atoms. The topological polar surface area (TPSA) is 92.5 Å². The zero-order valence-corrected chi connectivity index (χ0v) is 11.1. The van der Waals surface area contributed by atoms with E-state index < -0.39 is 28.0 Å². The first-order valence-corrected chi connectivity index (χ1v) is 6.00.